The number of H-pyrrole nitrogens is 1. The minimum Gasteiger partial charge on any atom is -0.506 e. The number of para-hydroxylation sites is 1. The van der Waals surface area contributed by atoms with E-state index in [1.807, 2.05) is 12.1 Å². The van der Waals surface area contributed by atoms with Gasteiger partial charge in [-0.25, -0.2) is 0 Å². The molecule has 0 spiro atoms. The molecular formula is C13H16N2O. The number of hydrogen-bond acceptors (Lipinski definition) is 2. The van der Waals surface area contributed by atoms with E-state index in [0.29, 0.717) is 11.4 Å². The average molecular weight is 216 g/mol. The SMILES string of the molecule is Oc1cccc2c(C3CCCCC3)[nH]nc12. The number of phenols is 1. The van der Waals surface area contributed by atoms with Crippen LogP contribution in [0, 0.1) is 0 Å². The predicted octanol–water partition coefficient (Wildman–Crippen LogP) is 3.32. The van der Waals surface area contributed by atoms with E-state index in [9.17, 15) is 5.11 Å². The van der Waals surface area contributed by atoms with Gasteiger partial charge in [0.25, 0.3) is 0 Å². The quantitative estimate of drug-likeness (QED) is 0.768. The van der Waals surface area contributed by atoms with Crippen LogP contribution < -0.4 is 0 Å². The Morgan fingerprint density at radius 3 is 2.81 bits per heavy atom. The Bertz CT molecular complexity index is 498. The molecule has 2 N–H and O–H groups in total. The van der Waals surface area contributed by atoms with Crippen molar-refractivity contribution in [1.29, 1.82) is 0 Å². The van der Waals surface area contributed by atoms with Gasteiger partial charge in [-0.3, -0.25) is 5.10 Å². The predicted molar refractivity (Wildman–Crippen MR) is 63.6 cm³/mol. The number of phenolic OH excluding ortho intramolecular Hbond substituents is 1. The fraction of sp³-hybridized carbons (Fsp3) is 0.462. The second kappa shape index (κ2) is 3.81. The molecule has 0 amide bonds. The largest absolute Gasteiger partial charge is 0.506 e. The van der Waals surface area contributed by atoms with Crippen molar-refractivity contribution in [3.05, 3.63) is 23.9 Å². The Kier molecular flexibility index (Phi) is 2.31. The van der Waals surface area contributed by atoms with Crippen LogP contribution in [0.5, 0.6) is 5.75 Å². The summed E-state index contributed by atoms with van der Waals surface area (Å²) in [5.41, 5.74) is 1.92. The number of nitrogens with zero attached hydrogens (tertiary/aromatic N) is 1. The van der Waals surface area contributed by atoms with E-state index in [4.69, 9.17) is 0 Å². The summed E-state index contributed by atoms with van der Waals surface area (Å²) in [7, 11) is 0. The molecule has 1 saturated carbocycles. The van der Waals surface area contributed by atoms with Crippen molar-refractivity contribution in [2.75, 3.05) is 0 Å². The summed E-state index contributed by atoms with van der Waals surface area (Å²) in [6, 6.07) is 5.62. The van der Waals surface area contributed by atoms with Crippen molar-refractivity contribution < 1.29 is 5.11 Å². The van der Waals surface area contributed by atoms with Crippen LogP contribution in [0.25, 0.3) is 10.9 Å². The molecule has 1 fully saturated rings. The van der Waals surface area contributed by atoms with Crippen LogP contribution in [0.2, 0.25) is 0 Å². The maximum Gasteiger partial charge on any atom is 0.143 e. The van der Waals surface area contributed by atoms with Crippen molar-refractivity contribution in [1.82, 2.24) is 10.2 Å². The highest BCUT2D eigenvalue weighted by Gasteiger charge is 2.20. The first-order chi connectivity index (χ1) is 7.86. The Hall–Kier alpha value is -1.51. The molecule has 1 aromatic heterocycles. The number of nitrogens with one attached hydrogen (secondary N) is 1. The molecule has 84 valence electrons. The fourth-order valence-corrected chi connectivity index (χ4v) is 2.74. The topological polar surface area (TPSA) is 48.9 Å². The Morgan fingerprint density at radius 2 is 2.00 bits per heavy atom. The molecule has 1 aliphatic carbocycles. The molecule has 1 heterocycles. The van der Waals surface area contributed by atoms with Gasteiger partial charge in [0.2, 0.25) is 0 Å². The van der Waals surface area contributed by atoms with Crippen LogP contribution in [0.1, 0.15) is 43.7 Å². The molecule has 1 aromatic carbocycles. The summed E-state index contributed by atoms with van der Waals surface area (Å²) in [4.78, 5) is 0. The molecule has 0 aliphatic heterocycles. The summed E-state index contributed by atoms with van der Waals surface area (Å²) < 4.78 is 0. The minimum atomic E-state index is 0.274. The fourth-order valence-electron chi connectivity index (χ4n) is 2.74. The zero-order chi connectivity index (χ0) is 11.0. The molecule has 3 rings (SSSR count). The van der Waals surface area contributed by atoms with Gasteiger partial charge in [0.1, 0.15) is 11.3 Å². The number of benzene rings is 1. The van der Waals surface area contributed by atoms with Gasteiger partial charge in [0, 0.05) is 17.0 Å². The van der Waals surface area contributed by atoms with Crippen molar-refractivity contribution in [3.8, 4) is 5.75 Å². The van der Waals surface area contributed by atoms with Gasteiger partial charge in [-0.1, -0.05) is 31.4 Å². The minimum absolute atomic E-state index is 0.274. The van der Waals surface area contributed by atoms with E-state index in [-0.39, 0.29) is 5.75 Å². The Labute approximate surface area is 94.5 Å². The molecule has 1 aliphatic rings. The molecule has 0 radical (unpaired) electrons. The summed E-state index contributed by atoms with van der Waals surface area (Å²) in [5, 5.41) is 18.1. The Morgan fingerprint density at radius 1 is 1.19 bits per heavy atom. The lowest BCUT2D eigenvalue weighted by atomic mass is 9.86. The zero-order valence-electron chi connectivity index (χ0n) is 9.24. The van der Waals surface area contributed by atoms with Gasteiger partial charge < -0.3 is 5.11 Å². The number of rotatable bonds is 1. The van der Waals surface area contributed by atoms with Crippen LogP contribution in [0.3, 0.4) is 0 Å². The molecule has 0 unspecified atom stereocenters. The van der Waals surface area contributed by atoms with Crippen molar-refractivity contribution in [3.63, 3.8) is 0 Å². The van der Waals surface area contributed by atoms with E-state index in [1.165, 1.54) is 37.8 Å². The second-order valence-corrected chi connectivity index (χ2v) is 4.65. The number of aromatic amines is 1. The van der Waals surface area contributed by atoms with Crippen molar-refractivity contribution in [2.45, 2.75) is 38.0 Å². The van der Waals surface area contributed by atoms with E-state index >= 15 is 0 Å². The normalized spacial score (nSPS) is 18.0. The van der Waals surface area contributed by atoms with Crippen molar-refractivity contribution in [2.24, 2.45) is 0 Å². The first-order valence-electron chi connectivity index (χ1n) is 6.02. The van der Waals surface area contributed by atoms with E-state index < -0.39 is 0 Å². The molecule has 3 nitrogen and oxygen atoms in total. The maximum absolute atomic E-state index is 9.70. The highest BCUT2D eigenvalue weighted by atomic mass is 16.3. The number of aromatic hydroxyl groups is 1. The first-order valence-corrected chi connectivity index (χ1v) is 6.02. The second-order valence-electron chi connectivity index (χ2n) is 4.65. The van der Waals surface area contributed by atoms with Gasteiger partial charge >= 0.3 is 0 Å². The molecule has 0 bridgehead atoms. The smallest absolute Gasteiger partial charge is 0.143 e. The van der Waals surface area contributed by atoms with E-state index in [2.05, 4.69) is 10.2 Å². The molecule has 2 aromatic rings. The number of hydrogen-bond donors (Lipinski definition) is 2. The molecular weight excluding hydrogens is 200 g/mol. The summed E-state index contributed by atoms with van der Waals surface area (Å²) >= 11 is 0. The van der Waals surface area contributed by atoms with Crippen molar-refractivity contribution >= 4 is 10.9 Å². The van der Waals surface area contributed by atoms with Gasteiger partial charge in [0.15, 0.2) is 0 Å². The highest BCUT2D eigenvalue weighted by molar-refractivity contribution is 5.86. The summed E-state index contributed by atoms with van der Waals surface area (Å²) in [6.45, 7) is 0. The number of aromatic nitrogens is 2. The molecule has 16 heavy (non-hydrogen) atoms. The van der Waals surface area contributed by atoms with Crippen LogP contribution >= 0.6 is 0 Å². The van der Waals surface area contributed by atoms with E-state index in [0.717, 1.165) is 5.39 Å². The highest BCUT2D eigenvalue weighted by Crippen LogP contribution is 2.36. The first kappa shape index (κ1) is 9.70. The lowest BCUT2D eigenvalue weighted by molar-refractivity contribution is 0.438. The lowest BCUT2D eigenvalue weighted by Crippen LogP contribution is -2.05. The zero-order valence-corrected chi connectivity index (χ0v) is 9.24. The third-order valence-electron chi connectivity index (χ3n) is 3.61. The van der Waals surface area contributed by atoms with Gasteiger partial charge in [-0.15, -0.1) is 0 Å². The summed E-state index contributed by atoms with van der Waals surface area (Å²) in [6.07, 6.45) is 6.46. The van der Waals surface area contributed by atoms with Gasteiger partial charge in [-0.05, 0) is 18.9 Å². The van der Waals surface area contributed by atoms with Gasteiger partial charge in [-0.2, -0.15) is 5.10 Å². The standard InChI is InChI=1S/C13H16N2O/c16-11-8-4-7-10-12(14-15-13(10)11)9-5-2-1-3-6-9/h4,7-9,16H,1-3,5-6H2,(H,14,15). The van der Waals surface area contributed by atoms with Crippen LogP contribution in [0.15, 0.2) is 18.2 Å². The van der Waals surface area contributed by atoms with Gasteiger partial charge in [0.05, 0.1) is 0 Å². The van der Waals surface area contributed by atoms with Crippen LogP contribution in [-0.4, -0.2) is 15.3 Å². The Balaban J connectivity index is 2.06. The monoisotopic (exact) mass is 216 g/mol. The summed E-state index contributed by atoms with van der Waals surface area (Å²) in [5.74, 6) is 0.872. The van der Waals surface area contributed by atoms with E-state index in [1.54, 1.807) is 6.07 Å². The van der Waals surface area contributed by atoms with Crippen LogP contribution in [-0.2, 0) is 0 Å². The third kappa shape index (κ3) is 1.47. The number of fused-ring (bicyclic) bond motifs is 1. The maximum atomic E-state index is 9.70. The average Bonchev–Trinajstić information content (AvgIpc) is 2.75. The molecule has 0 atom stereocenters. The lowest BCUT2D eigenvalue weighted by Gasteiger charge is -2.20. The third-order valence-corrected chi connectivity index (χ3v) is 3.61. The molecule has 0 saturated heterocycles. The van der Waals surface area contributed by atoms with Crippen LogP contribution in [0.4, 0.5) is 0 Å². The molecule has 3 heteroatoms.